The van der Waals surface area contributed by atoms with Crippen molar-refractivity contribution in [3.63, 3.8) is 0 Å². The third-order valence-electron chi connectivity index (χ3n) is 12.0. The molecule has 0 spiro atoms. The second kappa shape index (κ2) is 30.0. The Morgan fingerprint density at radius 2 is 0.962 bits per heavy atom. The number of thioether (sulfide) groups is 2. The van der Waals surface area contributed by atoms with Crippen LogP contribution in [0.25, 0.3) is 0 Å². The summed E-state index contributed by atoms with van der Waals surface area (Å²) in [5, 5.41) is 46.7. The van der Waals surface area contributed by atoms with Crippen molar-refractivity contribution in [3.05, 3.63) is 94.3 Å². The minimum absolute atomic E-state index is 0.0656. The largest absolute Gasteiger partial charge is 0.480 e. The Labute approximate surface area is 455 Å². The minimum Gasteiger partial charge on any atom is -0.480 e. The number of rotatable bonds is 27. The Morgan fingerprint density at radius 3 is 1.26 bits per heavy atom. The first-order valence-corrected chi connectivity index (χ1v) is 26.0. The summed E-state index contributed by atoms with van der Waals surface area (Å²) in [4.78, 5) is 119. The second-order valence-corrected chi connectivity index (χ2v) is 19.5. The Kier molecular flexibility index (Phi) is 24.3. The topological polar surface area (TPSA) is 447 Å². The number of ether oxygens (including phenoxy) is 4. The van der Waals surface area contributed by atoms with E-state index in [-0.39, 0.29) is 72.6 Å². The zero-order chi connectivity index (χ0) is 57.7. The molecule has 0 radical (unpaired) electrons. The minimum atomic E-state index is -1.77. The van der Waals surface area contributed by atoms with Crippen LogP contribution >= 0.6 is 23.5 Å². The Balaban J connectivity index is 0.000000261. The van der Waals surface area contributed by atoms with Gasteiger partial charge in [0.25, 0.3) is 23.3 Å². The maximum absolute atomic E-state index is 12.8. The van der Waals surface area contributed by atoms with E-state index in [9.17, 15) is 58.2 Å². The molecule has 426 valence electrons. The highest BCUT2D eigenvalue weighted by atomic mass is 32.2. The number of aliphatic carboxylic acids is 4. The summed E-state index contributed by atoms with van der Waals surface area (Å²) in [6.07, 6.45) is -1.91. The SMILES string of the molecule is CO[C@@]1(NC(=O)CCC[C@@H](N)C(=O)O)C(=O)N2C(C(=O)O)=C(COC(N)=O)CS[C@@H]21.CO[C@@]1(NC(=O)CCC[C@@H](N)C(=O)O)C(=O)N2C(C(=O)O)=C(COC(N)=O)CS[C@@H]21.c1ccc(CNCCNCc2ccccc2)cc1. The predicted octanol–water partition coefficient (Wildman–Crippen LogP) is -0.681. The van der Waals surface area contributed by atoms with E-state index in [1.807, 2.05) is 12.1 Å². The third kappa shape index (κ3) is 16.6. The van der Waals surface area contributed by atoms with E-state index in [1.54, 1.807) is 0 Å². The van der Waals surface area contributed by atoms with Gasteiger partial charge in [-0.15, -0.1) is 23.5 Å². The van der Waals surface area contributed by atoms with Gasteiger partial charge in [-0.25, -0.2) is 19.2 Å². The molecule has 0 unspecified atom stereocenters. The molecule has 2 aromatic carbocycles. The number of nitrogens with one attached hydrogen (secondary N) is 4. The van der Waals surface area contributed by atoms with E-state index in [1.165, 1.54) is 25.3 Å². The molecule has 30 heteroatoms. The van der Waals surface area contributed by atoms with Gasteiger partial charge in [-0.05, 0) is 36.8 Å². The number of nitrogens with two attached hydrogens (primary N) is 4. The number of benzene rings is 2. The number of hydrogen-bond acceptors (Lipinski definition) is 20. The maximum Gasteiger partial charge on any atom is 0.404 e. The van der Waals surface area contributed by atoms with E-state index in [0.717, 1.165) is 59.5 Å². The third-order valence-corrected chi connectivity index (χ3v) is 14.7. The molecule has 2 fully saturated rings. The van der Waals surface area contributed by atoms with E-state index in [4.69, 9.17) is 42.6 Å². The number of carboxylic acid groups (broad SMARTS) is 4. The fourth-order valence-corrected chi connectivity index (χ4v) is 10.9. The van der Waals surface area contributed by atoms with Crippen LogP contribution in [0.15, 0.2) is 83.2 Å². The zero-order valence-corrected chi connectivity index (χ0v) is 44.1. The smallest absolute Gasteiger partial charge is 0.404 e. The van der Waals surface area contributed by atoms with Crippen molar-refractivity contribution < 1.29 is 87.3 Å². The maximum atomic E-state index is 12.8. The molecule has 16 N–H and O–H groups in total. The number of amides is 6. The van der Waals surface area contributed by atoms with Crippen molar-refractivity contribution in [1.29, 1.82) is 0 Å². The van der Waals surface area contributed by atoms with Gasteiger partial charge in [0.2, 0.25) is 11.8 Å². The molecule has 0 saturated carbocycles. The first-order valence-electron chi connectivity index (χ1n) is 23.9. The lowest BCUT2D eigenvalue weighted by molar-refractivity contribution is -0.192. The summed E-state index contributed by atoms with van der Waals surface area (Å²) in [6.45, 7) is 3.07. The standard InChI is InChI=1S/2C16H22N4O9S.C16H20N2/c2*1-28-16(19-9(21)4-2-3-8(17)11(22)23)13(26)20-10(12(24)25)7(5-29-15(18)27)6-30-14(16)20;1-3-7-15(8-4-1)13-17-11-12-18-14-16-9-5-2-6-10-16/h2*8,14H,2-6,17H2,1H3,(H2,18,27)(H,19,21)(H,22,23)(H,24,25);1-10,17-18H,11-14H2/t2*8-,14-,16+;/m11./s1. The van der Waals surface area contributed by atoms with Crippen LogP contribution in [0.3, 0.4) is 0 Å². The molecule has 4 heterocycles. The predicted molar refractivity (Wildman–Crippen MR) is 278 cm³/mol. The summed E-state index contributed by atoms with van der Waals surface area (Å²) < 4.78 is 19.8. The number of fused-ring (bicyclic) bond motifs is 2. The molecule has 6 amide bonds. The Morgan fingerprint density at radius 1 is 0.615 bits per heavy atom. The molecule has 6 atom stereocenters. The van der Waals surface area contributed by atoms with Crippen molar-refractivity contribution in [3.8, 4) is 0 Å². The average molecular weight is 1130 g/mol. The van der Waals surface area contributed by atoms with Crippen LogP contribution in [0, 0.1) is 0 Å². The molecule has 4 aliphatic heterocycles. The van der Waals surface area contributed by atoms with Crippen LogP contribution in [-0.2, 0) is 70.4 Å². The Hall–Kier alpha value is -7.32. The fourth-order valence-electron chi connectivity index (χ4n) is 8.01. The number of β-lactam (4-membered cyclic amide) rings is 2. The molecule has 0 aromatic heterocycles. The molecule has 78 heavy (non-hydrogen) atoms. The lowest BCUT2D eigenvalue weighted by Crippen LogP contribution is -2.80. The van der Waals surface area contributed by atoms with Crippen molar-refractivity contribution in [2.24, 2.45) is 22.9 Å². The van der Waals surface area contributed by atoms with Crippen LogP contribution < -0.4 is 44.2 Å². The lowest BCUT2D eigenvalue weighted by Gasteiger charge is -2.55. The lowest BCUT2D eigenvalue weighted by atomic mass is 9.97. The van der Waals surface area contributed by atoms with Gasteiger partial charge in [-0.3, -0.25) is 38.6 Å². The number of carbonyl (C=O) groups is 10. The van der Waals surface area contributed by atoms with Crippen LogP contribution in [0.1, 0.15) is 49.7 Å². The summed E-state index contributed by atoms with van der Waals surface area (Å²) >= 11 is 2.24. The van der Waals surface area contributed by atoms with Crippen molar-refractivity contribution in [1.82, 2.24) is 31.1 Å². The molecule has 2 aromatic rings. The number of carboxylic acids is 4. The van der Waals surface area contributed by atoms with Crippen LogP contribution in [-0.4, -0.2) is 176 Å². The van der Waals surface area contributed by atoms with Gasteiger partial charge < -0.3 is 83.6 Å². The number of methoxy groups -OCH3 is 2. The molecule has 0 bridgehead atoms. The average Bonchev–Trinajstić information content (AvgIpc) is 3.41. The van der Waals surface area contributed by atoms with Crippen molar-refractivity contribution >= 4 is 83.2 Å². The molecule has 4 aliphatic rings. The van der Waals surface area contributed by atoms with E-state index in [2.05, 4.69) is 79.3 Å². The normalized spacial score (nSPS) is 20.8. The van der Waals surface area contributed by atoms with Gasteiger partial charge in [0.1, 0.15) is 47.4 Å². The van der Waals surface area contributed by atoms with Crippen LogP contribution in [0.4, 0.5) is 9.59 Å². The van der Waals surface area contributed by atoms with E-state index >= 15 is 0 Å². The van der Waals surface area contributed by atoms with Crippen molar-refractivity contribution in [2.75, 3.05) is 52.0 Å². The number of nitrogens with zero attached hydrogens (tertiary/aromatic N) is 2. The van der Waals surface area contributed by atoms with E-state index < -0.39 is 107 Å². The summed E-state index contributed by atoms with van der Waals surface area (Å²) in [6, 6.07) is 18.8. The first kappa shape index (κ1) is 63.2. The number of primary amides is 2. The summed E-state index contributed by atoms with van der Waals surface area (Å²) in [7, 11) is 2.40. The van der Waals surface area contributed by atoms with Gasteiger partial charge in [0.05, 0.1) is 0 Å². The van der Waals surface area contributed by atoms with Gasteiger partial charge in [-0.1, -0.05) is 60.7 Å². The van der Waals surface area contributed by atoms with Crippen LogP contribution in [0.5, 0.6) is 0 Å². The van der Waals surface area contributed by atoms with Crippen molar-refractivity contribution in [2.45, 2.75) is 85.9 Å². The highest BCUT2D eigenvalue weighted by Gasteiger charge is 2.68. The molecule has 28 nitrogen and oxygen atoms in total. The van der Waals surface area contributed by atoms with Gasteiger partial charge in [-0.2, -0.15) is 0 Å². The molecular weight excluding hydrogens is 1070 g/mol. The molecule has 0 aliphatic carbocycles. The summed E-state index contributed by atoms with van der Waals surface area (Å²) in [5.41, 5.74) is 19.3. The zero-order valence-electron chi connectivity index (χ0n) is 42.5. The fraction of sp³-hybridized carbons (Fsp3) is 0.458. The monoisotopic (exact) mass is 1130 g/mol. The number of carbonyl (C=O) groups excluding carboxylic acids is 6. The first-order chi connectivity index (χ1) is 37.0. The van der Waals surface area contributed by atoms with E-state index in [0.29, 0.717) is 0 Å². The molecule has 2 saturated heterocycles. The number of hydrogen-bond donors (Lipinski definition) is 12. The van der Waals surface area contributed by atoms with Gasteiger partial charge in [0, 0.05) is 75.9 Å². The molecular formula is C48H64N10O18S2. The second-order valence-electron chi connectivity index (χ2n) is 17.4. The quantitative estimate of drug-likeness (QED) is 0.0299. The summed E-state index contributed by atoms with van der Waals surface area (Å²) in [5.74, 6) is -7.74. The van der Waals surface area contributed by atoms with Gasteiger partial charge >= 0.3 is 36.1 Å². The Bertz CT molecular complexity index is 2410. The highest BCUT2D eigenvalue weighted by molar-refractivity contribution is 8.00. The highest BCUT2D eigenvalue weighted by Crippen LogP contribution is 2.48. The molecule has 6 rings (SSSR count). The van der Waals surface area contributed by atoms with Gasteiger partial charge in [0.15, 0.2) is 0 Å². The van der Waals surface area contributed by atoms with Crippen LogP contribution in [0.2, 0.25) is 0 Å².